The third-order valence-corrected chi connectivity index (χ3v) is 4.98. The van der Waals surface area contributed by atoms with E-state index in [4.69, 9.17) is 25.2 Å². The quantitative estimate of drug-likeness (QED) is 0.190. The van der Waals surface area contributed by atoms with Gasteiger partial charge in [-0.05, 0) is 36.4 Å². The maximum absolute atomic E-state index is 12.1. The summed E-state index contributed by atoms with van der Waals surface area (Å²) in [5.41, 5.74) is 0.247. The second kappa shape index (κ2) is 9.51. The van der Waals surface area contributed by atoms with E-state index < -0.39 is 11.6 Å². The van der Waals surface area contributed by atoms with Crippen LogP contribution in [-0.2, 0) is 4.74 Å². The van der Waals surface area contributed by atoms with Crippen LogP contribution in [0.2, 0.25) is 5.02 Å². The number of fused-ring (bicyclic) bond motifs is 1. The predicted molar refractivity (Wildman–Crippen MR) is 116 cm³/mol. The molecule has 0 aliphatic heterocycles. The molecule has 0 aliphatic carbocycles. The summed E-state index contributed by atoms with van der Waals surface area (Å²) in [6.07, 6.45) is 0. The van der Waals surface area contributed by atoms with Crippen LogP contribution in [0, 0.1) is 11.8 Å². The van der Waals surface area contributed by atoms with E-state index in [1.165, 1.54) is 17.8 Å². The van der Waals surface area contributed by atoms with Gasteiger partial charge in [-0.3, -0.25) is 0 Å². The molecule has 9 heteroatoms. The third kappa shape index (κ3) is 5.15. The maximum Gasteiger partial charge on any atom is 0.351 e. The number of thioether (sulfide) groups is 1. The average Bonchev–Trinajstić information content (AvgIpc) is 3.25. The molecule has 0 bridgehead atoms. The molecule has 0 atom stereocenters. The van der Waals surface area contributed by atoms with Crippen molar-refractivity contribution in [2.75, 3.05) is 12.4 Å². The Bertz CT molecular complexity index is 1350. The molecule has 0 radical (unpaired) electrons. The summed E-state index contributed by atoms with van der Waals surface area (Å²) in [5, 5.41) is 9.55. The summed E-state index contributed by atoms with van der Waals surface area (Å²) in [5.74, 6) is 5.49. The first-order chi connectivity index (χ1) is 15.1. The fourth-order valence-electron chi connectivity index (χ4n) is 2.56. The summed E-state index contributed by atoms with van der Waals surface area (Å²) in [7, 11) is 0. The minimum absolute atomic E-state index is 0.161. The standard InChI is InChI=1S/C22H13ClN2O5S/c23-16-9-7-14(8-10-16)19-24-25-22(30-19)31-12-4-3-11-28-20(26)17-13-15-5-1-2-6-18(15)29-21(17)27/h1-2,5-10,13H,11-12H2. The summed E-state index contributed by atoms with van der Waals surface area (Å²) in [4.78, 5) is 24.1. The largest absolute Gasteiger partial charge is 0.449 e. The predicted octanol–water partition coefficient (Wildman–Crippen LogP) is 4.45. The van der Waals surface area contributed by atoms with Crippen molar-refractivity contribution in [1.29, 1.82) is 0 Å². The monoisotopic (exact) mass is 452 g/mol. The van der Waals surface area contributed by atoms with E-state index in [1.54, 1.807) is 48.5 Å². The van der Waals surface area contributed by atoms with E-state index in [0.717, 1.165) is 5.56 Å². The molecule has 2 heterocycles. The molecular weight excluding hydrogens is 440 g/mol. The van der Waals surface area contributed by atoms with Crippen molar-refractivity contribution < 1.29 is 18.4 Å². The van der Waals surface area contributed by atoms with Crippen molar-refractivity contribution in [2.45, 2.75) is 5.22 Å². The molecule has 0 unspecified atom stereocenters. The van der Waals surface area contributed by atoms with Crippen LogP contribution in [0.4, 0.5) is 0 Å². The Kier molecular flexibility index (Phi) is 6.36. The smallest absolute Gasteiger partial charge is 0.351 e. The molecule has 31 heavy (non-hydrogen) atoms. The molecule has 2 aromatic heterocycles. The van der Waals surface area contributed by atoms with Crippen molar-refractivity contribution in [1.82, 2.24) is 10.2 Å². The fourth-order valence-corrected chi connectivity index (χ4v) is 3.22. The number of para-hydroxylation sites is 1. The van der Waals surface area contributed by atoms with Gasteiger partial charge in [0.15, 0.2) is 6.61 Å². The number of rotatable bonds is 5. The molecule has 7 nitrogen and oxygen atoms in total. The molecule has 4 aromatic rings. The summed E-state index contributed by atoms with van der Waals surface area (Å²) in [6, 6.07) is 15.4. The Morgan fingerprint density at radius 1 is 1.06 bits per heavy atom. The molecule has 0 amide bonds. The Labute approximate surface area is 185 Å². The molecule has 4 rings (SSSR count). The van der Waals surface area contributed by atoms with Gasteiger partial charge in [0.05, 0.1) is 5.75 Å². The number of ether oxygens (including phenoxy) is 1. The number of nitrogens with zero attached hydrogens (tertiary/aromatic N) is 2. The van der Waals surface area contributed by atoms with Gasteiger partial charge >= 0.3 is 11.6 Å². The number of aromatic nitrogens is 2. The molecule has 154 valence electrons. The highest BCUT2D eigenvalue weighted by Crippen LogP contribution is 2.24. The summed E-state index contributed by atoms with van der Waals surface area (Å²) < 4.78 is 15.7. The van der Waals surface area contributed by atoms with Crippen molar-refractivity contribution in [3.05, 3.63) is 75.6 Å². The number of benzene rings is 2. The van der Waals surface area contributed by atoms with E-state index >= 15 is 0 Å². The van der Waals surface area contributed by atoms with Crippen LogP contribution in [0.1, 0.15) is 10.4 Å². The Hall–Kier alpha value is -3.54. The van der Waals surface area contributed by atoms with Crippen LogP contribution in [0.3, 0.4) is 0 Å². The number of hydrogen-bond donors (Lipinski definition) is 0. The molecular formula is C22H13ClN2O5S. The SMILES string of the molecule is O=C(OCC#CCSc1nnc(-c2ccc(Cl)cc2)o1)c1cc2ccccc2oc1=O. The second-order valence-corrected chi connectivity index (χ2v) is 7.45. The first-order valence-electron chi connectivity index (χ1n) is 8.98. The lowest BCUT2D eigenvalue weighted by Gasteiger charge is -2.01. The van der Waals surface area contributed by atoms with E-state index in [1.807, 2.05) is 0 Å². The van der Waals surface area contributed by atoms with Crippen LogP contribution in [0.5, 0.6) is 0 Å². The molecule has 0 fully saturated rings. The van der Waals surface area contributed by atoms with E-state index in [0.29, 0.717) is 32.9 Å². The van der Waals surface area contributed by atoms with Gasteiger partial charge < -0.3 is 13.6 Å². The van der Waals surface area contributed by atoms with Gasteiger partial charge in [-0.25, -0.2) is 9.59 Å². The number of hydrogen-bond acceptors (Lipinski definition) is 8. The van der Waals surface area contributed by atoms with Crippen LogP contribution < -0.4 is 5.63 Å². The lowest BCUT2D eigenvalue weighted by Crippen LogP contribution is -2.16. The van der Waals surface area contributed by atoms with Crippen molar-refractivity contribution in [3.8, 4) is 23.3 Å². The minimum Gasteiger partial charge on any atom is -0.449 e. The zero-order chi connectivity index (χ0) is 21.6. The lowest BCUT2D eigenvalue weighted by atomic mass is 10.2. The molecule has 0 spiro atoms. The molecule has 0 aliphatic rings. The summed E-state index contributed by atoms with van der Waals surface area (Å²) >= 11 is 7.12. The highest BCUT2D eigenvalue weighted by Gasteiger charge is 2.14. The van der Waals surface area contributed by atoms with Gasteiger partial charge in [0.2, 0.25) is 5.89 Å². The Balaban J connectivity index is 1.28. The third-order valence-electron chi connectivity index (χ3n) is 4.03. The first kappa shape index (κ1) is 20.7. The normalized spacial score (nSPS) is 10.5. The number of carbonyl (C=O) groups excluding carboxylic acids is 1. The van der Waals surface area contributed by atoms with Gasteiger partial charge in [0, 0.05) is 16.0 Å². The van der Waals surface area contributed by atoms with E-state index in [2.05, 4.69) is 22.0 Å². The summed E-state index contributed by atoms with van der Waals surface area (Å²) in [6.45, 7) is -0.161. The molecule has 0 N–H and O–H groups in total. The molecule has 0 saturated heterocycles. The van der Waals surface area contributed by atoms with Crippen molar-refractivity contribution >= 4 is 40.3 Å². The Morgan fingerprint density at radius 2 is 1.87 bits per heavy atom. The van der Waals surface area contributed by atoms with Gasteiger partial charge in [-0.15, -0.1) is 10.2 Å². The lowest BCUT2D eigenvalue weighted by molar-refractivity contribution is 0.0552. The maximum atomic E-state index is 12.1. The van der Waals surface area contributed by atoms with E-state index in [-0.39, 0.29) is 12.2 Å². The first-order valence-corrected chi connectivity index (χ1v) is 10.3. The highest BCUT2D eigenvalue weighted by molar-refractivity contribution is 7.99. The van der Waals surface area contributed by atoms with Gasteiger partial charge in [-0.1, -0.05) is 53.4 Å². The van der Waals surface area contributed by atoms with Crippen LogP contribution in [0.15, 0.2) is 73.4 Å². The number of halogens is 1. The fraction of sp³-hybridized carbons (Fsp3) is 0.0909. The average molecular weight is 453 g/mol. The second-order valence-electron chi connectivity index (χ2n) is 6.08. The van der Waals surface area contributed by atoms with Crippen LogP contribution in [-0.4, -0.2) is 28.5 Å². The van der Waals surface area contributed by atoms with Crippen molar-refractivity contribution in [3.63, 3.8) is 0 Å². The van der Waals surface area contributed by atoms with Crippen LogP contribution in [0.25, 0.3) is 22.4 Å². The van der Waals surface area contributed by atoms with Gasteiger partial charge in [0.25, 0.3) is 5.22 Å². The zero-order valence-corrected chi connectivity index (χ0v) is 17.4. The topological polar surface area (TPSA) is 95.4 Å². The Morgan fingerprint density at radius 3 is 2.71 bits per heavy atom. The highest BCUT2D eigenvalue weighted by atomic mass is 35.5. The van der Waals surface area contributed by atoms with Crippen LogP contribution >= 0.6 is 23.4 Å². The van der Waals surface area contributed by atoms with Gasteiger partial charge in [0.1, 0.15) is 11.1 Å². The van der Waals surface area contributed by atoms with E-state index in [9.17, 15) is 9.59 Å². The number of esters is 1. The zero-order valence-electron chi connectivity index (χ0n) is 15.8. The van der Waals surface area contributed by atoms with Gasteiger partial charge in [-0.2, -0.15) is 0 Å². The van der Waals surface area contributed by atoms with Crippen molar-refractivity contribution in [2.24, 2.45) is 0 Å². The molecule has 2 aromatic carbocycles. The molecule has 0 saturated carbocycles. The number of carbonyl (C=O) groups is 1. The minimum atomic E-state index is -0.786.